The lowest BCUT2D eigenvalue weighted by atomic mass is 9.96. The van der Waals surface area contributed by atoms with Gasteiger partial charge >= 0.3 is 0 Å². The van der Waals surface area contributed by atoms with Crippen LogP contribution < -0.4 is 0 Å². The number of imidazole rings is 1. The Labute approximate surface area is 169 Å². The van der Waals surface area contributed by atoms with E-state index in [0.29, 0.717) is 0 Å². The van der Waals surface area contributed by atoms with Crippen LogP contribution in [0.3, 0.4) is 0 Å². The molecule has 3 heterocycles. The standard InChI is InChI=1S/C23H24N4S/c1-2-6-19(7-3-1)23-25-20(16-28-23)15-26-12-10-18(11-13-26)14-27-17-24-21-8-4-5-9-22(21)27/h1-9,16-18H,10-15H2. The normalized spacial score (nSPS) is 16.0. The number of likely N-dealkylation sites (tertiary alicyclic amines) is 1. The molecule has 5 rings (SSSR count). The molecule has 28 heavy (non-hydrogen) atoms. The van der Waals surface area contributed by atoms with Gasteiger partial charge in [0.15, 0.2) is 0 Å². The maximum atomic E-state index is 4.85. The van der Waals surface area contributed by atoms with Crippen LogP contribution in [0.5, 0.6) is 0 Å². The van der Waals surface area contributed by atoms with E-state index >= 15 is 0 Å². The Balaban J connectivity index is 1.17. The molecule has 1 aliphatic rings. The van der Waals surface area contributed by atoms with E-state index in [2.05, 4.69) is 74.4 Å². The lowest BCUT2D eigenvalue weighted by Crippen LogP contribution is -2.34. The largest absolute Gasteiger partial charge is 0.330 e. The summed E-state index contributed by atoms with van der Waals surface area (Å²) in [7, 11) is 0. The molecule has 0 bridgehead atoms. The fourth-order valence-electron chi connectivity index (χ4n) is 4.08. The minimum atomic E-state index is 0.726. The van der Waals surface area contributed by atoms with Gasteiger partial charge in [0.1, 0.15) is 5.01 Å². The molecule has 0 aliphatic carbocycles. The van der Waals surface area contributed by atoms with Crippen LogP contribution in [-0.4, -0.2) is 32.5 Å². The third-order valence-corrected chi connectivity index (χ3v) is 6.59. The molecular weight excluding hydrogens is 364 g/mol. The summed E-state index contributed by atoms with van der Waals surface area (Å²) < 4.78 is 2.32. The lowest BCUT2D eigenvalue weighted by molar-refractivity contribution is 0.166. The maximum Gasteiger partial charge on any atom is 0.123 e. The topological polar surface area (TPSA) is 34.0 Å². The zero-order chi connectivity index (χ0) is 18.8. The predicted molar refractivity (Wildman–Crippen MR) is 115 cm³/mol. The van der Waals surface area contributed by atoms with Crippen LogP contribution >= 0.6 is 11.3 Å². The first-order valence-electron chi connectivity index (χ1n) is 9.97. The van der Waals surface area contributed by atoms with Crippen LogP contribution in [0, 0.1) is 5.92 Å². The van der Waals surface area contributed by atoms with E-state index in [1.807, 2.05) is 6.33 Å². The molecule has 2 aromatic carbocycles. The highest BCUT2D eigenvalue weighted by Crippen LogP contribution is 2.26. The number of piperidine rings is 1. The van der Waals surface area contributed by atoms with E-state index in [0.717, 1.165) is 42.6 Å². The Morgan fingerprint density at radius 2 is 1.75 bits per heavy atom. The summed E-state index contributed by atoms with van der Waals surface area (Å²) in [6.07, 6.45) is 4.47. The van der Waals surface area contributed by atoms with Gasteiger partial charge in [0.25, 0.3) is 0 Å². The van der Waals surface area contributed by atoms with Crippen LogP contribution in [0.4, 0.5) is 0 Å². The zero-order valence-electron chi connectivity index (χ0n) is 15.9. The molecule has 2 aromatic heterocycles. The van der Waals surface area contributed by atoms with Crippen LogP contribution in [0.15, 0.2) is 66.3 Å². The summed E-state index contributed by atoms with van der Waals surface area (Å²) in [4.78, 5) is 11.9. The first-order valence-corrected chi connectivity index (χ1v) is 10.9. The van der Waals surface area contributed by atoms with E-state index < -0.39 is 0 Å². The van der Waals surface area contributed by atoms with Crippen molar-refractivity contribution in [1.29, 1.82) is 0 Å². The van der Waals surface area contributed by atoms with Crippen molar-refractivity contribution < 1.29 is 0 Å². The first-order chi connectivity index (χ1) is 13.8. The fraction of sp³-hybridized carbons (Fsp3) is 0.304. The van der Waals surface area contributed by atoms with Gasteiger partial charge in [0, 0.05) is 24.0 Å². The molecule has 1 fully saturated rings. The lowest BCUT2D eigenvalue weighted by Gasteiger charge is -2.31. The first kappa shape index (κ1) is 17.6. The van der Waals surface area contributed by atoms with Gasteiger partial charge in [-0.15, -0.1) is 11.3 Å². The van der Waals surface area contributed by atoms with Crippen LogP contribution in [0.1, 0.15) is 18.5 Å². The molecule has 0 amide bonds. The average molecular weight is 389 g/mol. The average Bonchev–Trinajstić information content (AvgIpc) is 3.38. The zero-order valence-corrected chi connectivity index (χ0v) is 16.7. The second-order valence-electron chi connectivity index (χ2n) is 7.62. The van der Waals surface area contributed by atoms with Gasteiger partial charge in [-0.25, -0.2) is 9.97 Å². The molecule has 0 saturated carbocycles. The third kappa shape index (κ3) is 3.73. The van der Waals surface area contributed by atoms with Gasteiger partial charge in [-0.3, -0.25) is 4.90 Å². The Morgan fingerprint density at radius 3 is 2.61 bits per heavy atom. The Morgan fingerprint density at radius 1 is 0.964 bits per heavy atom. The van der Waals surface area contributed by atoms with Crippen LogP contribution in [0.2, 0.25) is 0 Å². The predicted octanol–water partition coefficient (Wildman–Crippen LogP) is 5.07. The van der Waals surface area contributed by atoms with Crippen molar-refractivity contribution in [3.05, 3.63) is 72.0 Å². The third-order valence-electron chi connectivity index (χ3n) is 5.65. The second-order valence-corrected chi connectivity index (χ2v) is 8.47. The molecule has 1 aliphatic heterocycles. The number of aromatic nitrogens is 3. The highest BCUT2D eigenvalue weighted by Gasteiger charge is 2.21. The Hall–Kier alpha value is -2.50. The van der Waals surface area contributed by atoms with Gasteiger partial charge in [-0.2, -0.15) is 0 Å². The Bertz CT molecular complexity index is 1040. The molecule has 4 aromatic rings. The molecule has 0 spiro atoms. The van der Waals surface area contributed by atoms with E-state index in [4.69, 9.17) is 4.98 Å². The van der Waals surface area contributed by atoms with Crippen molar-refractivity contribution in [2.45, 2.75) is 25.9 Å². The summed E-state index contributed by atoms with van der Waals surface area (Å²) in [5.74, 6) is 0.726. The number of rotatable bonds is 5. The number of thiazole rings is 1. The second kappa shape index (κ2) is 7.86. The molecule has 4 nitrogen and oxygen atoms in total. The summed E-state index contributed by atoms with van der Waals surface area (Å²) in [6, 6.07) is 18.9. The smallest absolute Gasteiger partial charge is 0.123 e. The minimum absolute atomic E-state index is 0.726. The van der Waals surface area contributed by atoms with Gasteiger partial charge in [0.05, 0.1) is 23.1 Å². The highest BCUT2D eigenvalue weighted by molar-refractivity contribution is 7.13. The van der Waals surface area contributed by atoms with E-state index in [9.17, 15) is 0 Å². The monoisotopic (exact) mass is 388 g/mol. The molecule has 0 unspecified atom stereocenters. The highest BCUT2D eigenvalue weighted by atomic mass is 32.1. The molecule has 0 radical (unpaired) electrons. The van der Waals surface area contributed by atoms with Gasteiger partial charge in [0.2, 0.25) is 0 Å². The van der Waals surface area contributed by atoms with Crippen LogP contribution in [-0.2, 0) is 13.1 Å². The number of hydrogen-bond donors (Lipinski definition) is 0. The molecular formula is C23H24N4S. The SMILES string of the molecule is c1ccc(-c2nc(CN3CCC(Cn4cnc5ccccc54)CC3)cs2)cc1. The Kier molecular flexibility index (Phi) is 4.93. The minimum Gasteiger partial charge on any atom is -0.330 e. The number of hydrogen-bond acceptors (Lipinski definition) is 4. The number of nitrogens with zero attached hydrogens (tertiary/aromatic N) is 4. The van der Waals surface area contributed by atoms with E-state index in [-0.39, 0.29) is 0 Å². The van der Waals surface area contributed by atoms with Gasteiger partial charge < -0.3 is 4.57 Å². The summed E-state index contributed by atoms with van der Waals surface area (Å²) in [6.45, 7) is 4.33. The fourth-order valence-corrected chi connectivity index (χ4v) is 4.90. The summed E-state index contributed by atoms with van der Waals surface area (Å²) in [5.41, 5.74) is 4.76. The maximum absolute atomic E-state index is 4.85. The van der Waals surface area contributed by atoms with Crippen molar-refractivity contribution in [2.24, 2.45) is 5.92 Å². The number of fused-ring (bicyclic) bond motifs is 1. The molecule has 0 N–H and O–H groups in total. The molecule has 1 saturated heterocycles. The van der Waals surface area contributed by atoms with Gasteiger partial charge in [-0.1, -0.05) is 42.5 Å². The quantitative estimate of drug-likeness (QED) is 0.478. The van der Waals surface area contributed by atoms with Crippen molar-refractivity contribution in [1.82, 2.24) is 19.4 Å². The summed E-state index contributed by atoms with van der Waals surface area (Å²) >= 11 is 1.75. The molecule has 0 atom stereocenters. The molecule has 5 heteroatoms. The van der Waals surface area contributed by atoms with Crippen molar-refractivity contribution in [2.75, 3.05) is 13.1 Å². The number of para-hydroxylation sites is 2. The van der Waals surface area contributed by atoms with E-state index in [1.165, 1.54) is 29.6 Å². The van der Waals surface area contributed by atoms with Crippen molar-refractivity contribution in [3.8, 4) is 10.6 Å². The van der Waals surface area contributed by atoms with Crippen LogP contribution in [0.25, 0.3) is 21.6 Å². The molecule has 142 valence electrons. The van der Waals surface area contributed by atoms with Crippen molar-refractivity contribution >= 4 is 22.4 Å². The summed E-state index contributed by atoms with van der Waals surface area (Å²) in [5, 5.41) is 3.34. The van der Waals surface area contributed by atoms with Crippen molar-refractivity contribution in [3.63, 3.8) is 0 Å². The van der Waals surface area contributed by atoms with Gasteiger partial charge in [-0.05, 0) is 44.0 Å². The number of benzene rings is 2. The van der Waals surface area contributed by atoms with E-state index in [1.54, 1.807) is 11.3 Å².